The van der Waals surface area contributed by atoms with Gasteiger partial charge in [-0.15, -0.1) is 0 Å². The molecule has 2 heterocycles. The number of rotatable bonds is 8. The lowest BCUT2D eigenvalue weighted by Crippen LogP contribution is -2.30. The van der Waals surface area contributed by atoms with Crippen molar-refractivity contribution in [1.29, 1.82) is 0 Å². The summed E-state index contributed by atoms with van der Waals surface area (Å²) in [5.41, 5.74) is 3.95. The molecule has 1 amide bonds. The van der Waals surface area contributed by atoms with Crippen molar-refractivity contribution >= 4 is 54.0 Å². The molecule has 0 radical (unpaired) electrons. The van der Waals surface area contributed by atoms with E-state index < -0.39 is 9.84 Å². The Morgan fingerprint density at radius 2 is 1.88 bits per heavy atom. The number of hydrogen-bond acceptors (Lipinski definition) is 6. The molecule has 0 bridgehead atoms. The minimum Gasteiger partial charge on any atom is -0.284 e. The third-order valence-electron chi connectivity index (χ3n) is 5.38. The molecule has 0 spiro atoms. The normalized spacial score (nSPS) is 11.6. The number of pyridine rings is 1. The SMILES string of the molecule is Cc1cc(C)c2sc(N(Cc3cccnc3)C(=O)CCCS(=O)(=O)c3ccc(Cl)cc3)nc2c1. The highest BCUT2D eigenvalue weighted by Crippen LogP contribution is 2.33. The minimum absolute atomic E-state index is 0.0843. The first-order valence-electron chi connectivity index (χ1n) is 10.8. The van der Waals surface area contributed by atoms with E-state index in [1.807, 2.05) is 32.0 Å². The smallest absolute Gasteiger partial charge is 0.229 e. The molecule has 0 fully saturated rings. The largest absolute Gasteiger partial charge is 0.284 e. The number of carbonyl (C=O) groups is 1. The number of hydrogen-bond donors (Lipinski definition) is 0. The van der Waals surface area contributed by atoms with Crippen LogP contribution in [0.15, 0.2) is 65.8 Å². The quantitative estimate of drug-likeness (QED) is 0.300. The Bertz CT molecular complexity index is 1420. The second kappa shape index (κ2) is 10.2. The standard InChI is InChI=1S/C25H24ClN3O3S2/c1-17-13-18(2)24-22(14-17)28-25(33-24)29(16-19-5-3-11-27-15-19)23(30)6-4-12-34(31,32)21-9-7-20(26)8-10-21/h3,5,7-11,13-15H,4,6,12,16H2,1-2H3. The predicted octanol–water partition coefficient (Wildman–Crippen LogP) is 5.75. The Morgan fingerprint density at radius 3 is 2.59 bits per heavy atom. The van der Waals surface area contributed by atoms with E-state index in [2.05, 4.69) is 11.1 Å². The zero-order chi connectivity index (χ0) is 24.3. The lowest BCUT2D eigenvalue weighted by atomic mass is 10.1. The van der Waals surface area contributed by atoms with Crippen LogP contribution in [-0.2, 0) is 21.2 Å². The molecule has 0 aliphatic heterocycles. The molecule has 0 N–H and O–H groups in total. The number of aryl methyl sites for hydroxylation is 2. The number of aromatic nitrogens is 2. The summed E-state index contributed by atoms with van der Waals surface area (Å²) in [7, 11) is -3.51. The average Bonchev–Trinajstić information content (AvgIpc) is 3.22. The van der Waals surface area contributed by atoms with Crippen LogP contribution in [0.2, 0.25) is 5.02 Å². The van der Waals surface area contributed by atoms with Crippen LogP contribution in [0, 0.1) is 13.8 Å². The summed E-state index contributed by atoms with van der Waals surface area (Å²) < 4.78 is 26.3. The minimum atomic E-state index is -3.51. The Balaban J connectivity index is 1.55. The second-order valence-corrected chi connectivity index (χ2v) is 11.7. The summed E-state index contributed by atoms with van der Waals surface area (Å²) in [4.78, 5) is 24.0. The van der Waals surface area contributed by atoms with Gasteiger partial charge in [0, 0.05) is 23.8 Å². The number of sulfone groups is 1. The van der Waals surface area contributed by atoms with E-state index in [9.17, 15) is 13.2 Å². The third-order valence-corrected chi connectivity index (χ3v) is 8.68. The summed E-state index contributed by atoms with van der Waals surface area (Å²) in [5.74, 6) is -0.303. The summed E-state index contributed by atoms with van der Waals surface area (Å²) in [6, 6.07) is 13.9. The number of thiazole rings is 1. The van der Waals surface area contributed by atoms with Crippen LogP contribution >= 0.6 is 22.9 Å². The van der Waals surface area contributed by atoms with Gasteiger partial charge in [0.05, 0.1) is 27.4 Å². The highest BCUT2D eigenvalue weighted by atomic mass is 35.5. The molecule has 0 aliphatic rings. The van der Waals surface area contributed by atoms with Crippen LogP contribution in [-0.4, -0.2) is 30.0 Å². The van der Waals surface area contributed by atoms with Crippen molar-refractivity contribution in [2.24, 2.45) is 0 Å². The first-order valence-corrected chi connectivity index (χ1v) is 13.6. The molecule has 2 aromatic carbocycles. The van der Waals surface area contributed by atoms with Gasteiger partial charge in [0.1, 0.15) is 0 Å². The lowest BCUT2D eigenvalue weighted by molar-refractivity contribution is -0.118. The number of nitrogens with zero attached hydrogens (tertiary/aromatic N) is 3. The maximum Gasteiger partial charge on any atom is 0.229 e. The van der Waals surface area contributed by atoms with Gasteiger partial charge in [-0.2, -0.15) is 0 Å². The topological polar surface area (TPSA) is 80.2 Å². The van der Waals surface area contributed by atoms with Crippen LogP contribution in [0.3, 0.4) is 0 Å². The molecule has 176 valence electrons. The van der Waals surface area contributed by atoms with Gasteiger partial charge in [-0.3, -0.25) is 14.7 Å². The van der Waals surface area contributed by atoms with Gasteiger partial charge in [0.2, 0.25) is 5.91 Å². The Hall–Kier alpha value is -2.81. The molecule has 0 saturated heterocycles. The van der Waals surface area contributed by atoms with Crippen molar-refractivity contribution in [3.63, 3.8) is 0 Å². The van der Waals surface area contributed by atoms with Crippen LogP contribution in [0.25, 0.3) is 10.2 Å². The van der Waals surface area contributed by atoms with Crippen molar-refractivity contribution in [3.05, 3.63) is 82.6 Å². The number of amides is 1. The lowest BCUT2D eigenvalue weighted by Gasteiger charge is -2.20. The van der Waals surface area contributed by atoms with Crippen LogP contribution < -0.4 is 4.90 Å². The van der Waals surface area contributed by atoms with Crippen LogP contribution in [0.5, 0.6) is 0 Å². The predicted molar refractivity (Wildman–Crippen MR) is 137 cm³/mol. The summed E-state index contributed by atoms with van der Waals surface area (Å²) in [6.07, 6.45) is 3.69. The number of fused-ring (bicyclic) bond motifs is 1. The van der Waals surface area contributed by atoms with E-state index in [0.717, 1.165) is 26.9 Å². The summed E-state index contributed by atoms with van der Waals surface area (Å²) in [6.45, 7) is 4.37. The van der Waals surface area contributed by atoms with Crippen molar-refractivity contribution in [3.8, 4) is 0 Å². The highest BCUT2D eigenvalue weighted by Gasteiger charge is 2.22. The second-order valence-electron chi connectivity index (χ2n) is 8.14. The Morgan fingerprint density at radius 1 is 1.12 bits per heavy atom. The molecule has 6 nitrogen and oxygen atoms in total. The molecule has 2 aromatic heterocycles. The number of halogens is 1. The average molecular weight is 514 g/mol. The summed E-state index contributed by atoms with van der Waals surface area (Å²) in [5, 5.41) is 1.07. The van der Waals surface area contributed by atoms with Gasteiger partial charge in [0.25, 0.3) is 0 Å². The number of anilines is 1. The third kappa shape index (κ3) is 5.63. The highest BCUT2D eigenvalue weighted by molar-refractivity contribution is 7.91. The van der Waals surface area contributed by atoms with Crippen LogP contribution in [0.1, 0.15) is 29.5 Å². The molecule has 0 saturated carbocycles. The molecular weight excluding hydrogens is 490 g/mol. The molecule has 0 aliphatic carbocycles. The van der Waals surface area contributed by atoms with E-state index in [-0.39, 0.29) is 29.4 Å². The summed E-state index contributed by atoms with van der Waals surface area (Å²) >= 11 is 7.33. The first-order chi connectivity index (χ1) is 16.2. The molecular formula is C25H24ClN3O3S2. The van der Waals surface area contributed by atoms with Gasteiger partial charge >= 0.3 is 0 Å². The van der Waals surface area contributed by atoms with Crippen molar-refractivity contribution in [2.75, 3.05) is 10.7 Å². The zero-order valence-corrected chi connectivity index (χ0v) is 21.3. The van der Waals surface area contributed by atoms with E-state index in [0.29, 0.717) is 16.7 Å². The van der Waals surface area contributed by atoms with E-state index in [4.69, 9.17) is 16.6 Å². The molecule has 4 rings (SSSR count). The maximum absolute atomic E-state index is 13.3. The van der Waals surface area contributed by atoms with Gasteiger partial charge in [-0.1, -0.05) is 35.1 Å². The van der Waals surface area contributed by atoms with Gasteiger partial charge in [-0.25, -0.2) is 13.4 Å². The van der Waals surface area contributed by atoms with E-state index in [1.54, 1.807) is 29.4 Å². The monoisotopic (exact) mass is 513 g/mol. The van der Waals surface area contributed by atoms with Gasteiger partial charge < -0.3 is 0 Å². The van der Waals surface area contributed by atoms with E-state index >= 15 is 0 Å². The van der Waals surface area contributed by atoms with Crippen molar-refractivity contribution in [2.45, 2.75) is 38.1 Å². The van der Waals surface area contributed by atoms with Gasteiger partial charge in [-0.05, 0) is 73.4 Å². The van der Waals surface area contributed by atoms with Crippen LogP contribution in [0.4, 0.5) is 5.13 Å². The molecule has 0 unspecified atom stereocenters. The van der Waals surface area contributed by atoms with Crippen molar-refractivity contribution in [1.82, 2.24) is 9.97 Å². The fourth-order valence-corrected chi connectivity index (χ4v) is 6.19. The number of carbonyl (C=O) groups excluding carboxylic acids is 1. The first kappa shape index (κ1) is 24.3. The van der Waals surface area contributed by atoms with Gasteiger partial charge in [0.15, 0.2) is 15.0 Å². The Labute approximate surface area is 208 Å². The van der Waals surface area contributed by atoms with Crippen molar-refractivity contribution < 1.29 is 13.2 Å². The van der Waals surface area contributed by atoms with E-state index in [1.165, 1.54) is 23.5 Å². The molecule has 0 atom stereocenters. The fraction of sp³-hybridized carbons (Fsp3) is 0.240. The molecule has 9 heteroatoms. The molecule has 4 aromatic rings. The Kier molecular flexibility index (Phi) is 7.30. The molecule has 34 heavy (non-hydrogen) atoms. The zero-order valence-electron chi connectivity index (χ0n) is 18.9. The number of benzene rings is 2. The fourth-order valence-electron chi connectivity index (χ4n) is 3.73. The maximum atomic E-state index is 13.3.